The molecule has 3 heterocycles. The first kappa shape index (κ1) is 43.6. The SMILES string of the molecule is C[N+]1=C(/C=C/C=C2/N(CCCCC(=O)NCCOCCOCCNCCO[C@H]3O[C@H](CO)[C@@H](O)[C@H](O)[C@@H]3O)c3ccccc3C2(C)C)C(C)(C)c2ccccc21. The third-order valence-corrected chi connectivity index (χ3v) is 11.1. The van der Waals surface area contributed by atoms with Crippen molar-refractivity contribution < 1.29 is 48.7 Å². The Hall–Kier alpha value is -3.50. The number of benzene rings is 2. The highest BCUT2D eigenvalue weighted by atomic mass is 16.7. The van der Waals surface area contributed by atoms with Gasteiger partial charge in [0.2, 0.25) is 11.6 Å². The van der Waals surface area contributed by atoms with E-state index in [2.05, 4.69) is 122 Å². The number of amides is 1. The second kappa shape index (κ2) is 20.3. The van der Waals surface area contributed by atoms with Gasteiger partial charge >= 0.3 is 0 Å². The van der Waals surface area contributed by atoms with Crippen molar-refractivity contribution in [2.45, 2.75) is 88.5 Å². The van der Waals surface area contributed by atoms with Gasteiger partial charge in [0.15, 0.2) is 12.0 Å². The number of fused-ring (bicyclic) bond motifs is 2. The molecule has 0 unspecified atom stereocenters. The zero-order valence-corrected chi connectivity index (χ0v) is 33.7. The minimum Gasteiger partial charge on any atom is -0.394 e. The third-order valence-electron chi connectivity index (χ3n) is 11.1. The van der Waals surface area contributed by atoms with Crippen molar-refractivity contribution in [1.29, 1.82) is 0 Å². The first-order chi connectivity index (χ1) is 26.9. The van der Waals surface area contributed by atoms with E-state index in [4.69, 9.17) is 18.9 Å². The van der Waals surface area contributed by atoms with Crippen molar-refractivity contribution in [2.24, 2.45) is 0 Å². The number of rotatable bonds is 21. The molecule has 13 heteroatoms. The molecule has 0 aliphatic carbocycles. The van der Waals surface area contributed by atoms with Gasteiger partial charge in [-0.05, 0) is 44.4 Å². The molecule has 0 radical (unpaired) electrons. The number of para-hydroxylation sites is 2. The van der Waals surface area contributed by atoms with Crippen molar-refractivity contribution in [2.75, 3.05) is 77.8 Å². The van der Waals surface area contributed by atoms with Crippen molar-refractivity contribution in [3.8, 4) is 0 Å². The summed E-state index contributed by atoms with van der Waals surface area (Å²) in [6.45, 7) is 12.8. The molecule has 5 rings (SSSR count). The lowest BCUT2D eigenvalue weighted by atomic mass is 9.81. The molecule has 0 bridgehead atoms. The number of unbranched alkanes of at least 4 members (excludes halogenated alkanes) is 1. The van der Waals surface area contributed by atoms with E-state index in [-0.39, 0.29) is 23.3 Å². The molecule has 5 atom stereocenters. The number of aliphatic hydroxyl groups is 4. The summed E-state index contributed by atoms with van der Waals surface area (Å²) in [4.78, 5) is 15.0. The average molecular weight is 780 g/mol. The van der Waals surface area contributed by atoms with Crippen LogP contribution in [0, 0.1) is 0 Å². The summed E-state index contributed by atoms with van der Waals surface area (Å²) in [7, 11) is 2.15. The first-order valence-electron chi connectivity index (χ1n) is 19.9. The fourth-order valence-electron chi connectivity index (χ4n) is 7.86. The monoisotopic (exact) mass is 779 g/mol. The average Bonchev–Trinajstić information content (AvgIpc) is 3.52. The molecule has 13 nitrogen and oxygen atoms in total. The van der Waals surface area contributed by atoms with E-state index in [1.165, 1.54) is 33.9 Å². The summed E-state index contributed by atoms with van der Waals surface area (Å²) in [6, 6.07) is 17.3. The molecule has 56 heavy (non-hydrogen) atoms. The van der Waals surface area contributed by atoms with Crippen LogP contribution in [0.15, 0.2) is 72.5 Å². The maximum atomic E-state index is 12.6. The lowest BCUT2D eigenvalue weighted by molar-refractivity contribution is -0.401. The Morgan fingerprint density at radius 2 is 1.54 bits per heavy atom. The molecule has 1 amide bonds. The second-order valence-corrected chi connectivity index (χ2v) is 15.6. The summed E-state index contributed by atoms with van der Waals surface area (Å²) < 4.78 is 24.2. The van der Waals surface area contributed by atoms with Crippen LogP contribution in [0.25, 0.3) is 0 Å². The van der Waals surface area contributed by atoms with Gasteiger partial charge in [-0.3, -0.25) is 4.79 Å². The number of allylic oxidation sites excluding steroid dienone is 4. The van der Waals surface area contributed by atoms with E-state index in [1.54, 1.807) is 0 Å². The Labute approximate surface area is 331 Å². The van der Waals surface area contributed by atoms with Crippen LogP contribution in [0.2, 0.25) is 0 Å². The molecule has 3 aliphatic rings. The van der Waals surface area contributed by atoms with Crippen molar-refractivity contribution in [3.05, 3.63) is 83.6 Å². The Bertz CT molecular complexity index is 1690. The highest BCUT2D eigenvalue weighted by Crippen LogP contribution is 2.48. The Morgan fingerprint density at radius 3 is 2.27 bits per heavy atom. The minimum absolute atomic E-state index is 0.0219. The number of nitrogens with zero attached hydrogens (tertiary/aromatic N) is 2. The third kappa shape index (κ3) is 10.3. The maximum Gasteiger partial charge on any atom is 0.220 e. The Kier molecular flexibility index (Phi) is 15.8. The largest absolute Gasteiger partial charge is 0.394 e. The van der Waals surface area contributed by atoms with Gasteiger partial charge in [0.25, 0.3) is 0 Å². The van der Waals surface area contributed by atoms with Crippen LogP contribution in [0.1, 0.15) is 58.1 Å². The van der Waals surface area contributed by atoms with Gasteiger partial charge in [-0.2, -0.15) is 4.58 Å². The number of nitrogens with one attached hydrogen (secondary N) is 2. The van der Waals surface area contributed by atoms with E-state index >= 15 is 0 Å². The van der Waals surface area contributed by atoms with Crippen LogP contribution < -0.4 is 15.5 Å². The molecule has 0 spiro atoms. The van der Waals surface area contributed by atoms with Gasteiger partial charge in [-0.15, -0.1) is 0 Å². The van der Waals surface area contributed by atoms with Crippen molar-refractivity contribution >= 4 is 23.0 Å². The normalized spacial score (nSPS) is 24.6. The molecule has 308 valence electrons. The fraction of sp³-hybridized carbons (Fsp3) is 0.581. The zero-order chi connectivity index (χ0) is 40.3. The predicted octanol–water partition coefficient (Wildman–Crippen LogP) is 2.66. The molecule has 2 aromatic rings. The molecule has 0 saturated carbocycles. The Balaban J connectivity index is 0.943. The second-order valence-electron chi connectivity index (χ2n) is 15.6. The van der Waals surface area contributed by atoms with Gasteiger partial charge in [0, 0.05) is 67.1 Å². The highest BCUT2D eigenvalue weighted by molar-refractivity contribution is 6.03. The highest BCUT2D eigenvalue weighted by Gasteiger charge is 2.45. The number of carbonyl (C=O) groups excluding carboxylic acids is 1. The number of carbonyl (C=O) groups is 1. The lowest BCUT2D eigenvalue weighted by Crippen LogP contribution is -2.59. The van der Waals surface area contributed by atoms with Crippen LogP contribution in [0.5, 0.6) is 0 Å². The van der Waals surface area contributed by atoms with Crippen molar-refractivity contribution in [1.82, 2.24) is 10.6 Å². The maximum absolute atomic E-state index is 12.6. The number of hydrogen-bond acceptors (Lipinski definition) is 11. The molecule has 1 saturated heterocycles. The number of ether oxygens (including phenoxy) is 4. The molecule has 2 aromatic carbocycles. The Morgan fingerprint density at radius 1 is 0.857 bits per heavy atom. The molecule has 6 N–H and O–H groups in total. The first-order valence-corrected chi connectivity index (χ1v) is 19.9. The minimum atomic E-state index is -1.46. The number of aliphatic hydroxyl groups excluding tert-OH is 4. The van der Waals surface area contributed by atoms with Crippen LogP contribution in [0.3, 0.4) is 0 Å². The van der Waals surface area contributed by atoms with Gasteiger partial charge in [0.05, 0.1) is 45.1 Å². The summed E-state index contributed by atoms with van der Waals surface area (Å²) in [5, 5.41) is 45.0. The summed E-state index contributed by atoms with van der Waals surface area (Å²) >= 11 is 0. The predicted molar refractivity (Wildman–Crippen MR) is 215 cm³/mol. The van der Waals surface area contributed by atoms with E-state index in [0.717, 1.165) is 19.4 Å². The topological polar surface area (TPSA) is 165 Å². The molecule has 3 aliphatic heterocycles. The van der Waals surface area contributed by atoms with E-state index < -0.39 is 37.3 Å². The van der Waals surface area contributed by atoms with Crippen LogP contribution in [0.4, 0.5) is 11.4 Å². The molecule has 1 fully saturated rings. The van der Waals surface area contributed by atoms with Crippen molar-refractivity contribution in [3.63, 3.8) is 0 Å². The number of anilines is 1. The van der Waals surface area contributed by atoms with E-state index in [1.807, 2.05) is 0 Å². The summed E-state index contributed by atoms with van der Waals surface area (Å²) in [5.41, 5.74) is 7.44. The van der Waals surface area contributed by atoms with Gasteiger partial charge in [-0.25, -0.2) is 0 Å². The summed E-state index contributed by atoms with van der Waals surface area (Å²) in [6.07, 6.45) is 2.43. The summed E-state index contributed by atoms with van der Waals surface area (Å²) in [5.74, 6) is 0.0219. The smallest absolute Gasteiger partial charge is 0.220 e. The molecular formula is C43H63N4O9+. The number of hydrogen-bond donors (Lipinski definition) is 6. The van der Waals surface area contributed by atoms with Crippen LogP contribution in [-0.4, -0.2) is 140 Å². The zero-order valence-electron chi connectivity index (χ0n) is 33.7. The molecular weight excluding hydrogens is 716 g/mol. The quantitative estimate of drug-likeness (QED) is 0.0816. The van der Waals surface area contributed by atoms with Gasteiger partial charge < -0.3 is 54.9 Å². The van der Waals surface area contributed by atoms with E-state index in [9.17, 15) is 25.2 Å². The van der Waals surface area contributed by atoms with E-state index in [0.29, 0.717) is 52.5 Å². The molecule has 0 aromatic heterocycles. The standard InChI is InChI=1S/C43H62N4O9/c1-42(2)30-13-6-8-15-32(30)46(5)35(42)17-12-18-36-43(3,4)31-14-7-9-16-33(31)47(36)23-11-10-19-37(49)45-22-25-54-28-27-53-24-20-44-21-26-55-41-40(52)39(51)38(50)34(29-48)56-41/h6-9,12-18,34,38-41,44,48,50-52H,10-11,19-29H2,1-5H3/p+1/t34-,38-,39+,40+,41+/m1/s1. The van der Waals surface area contributed by atoms with Gasteiger partial charge in [-0.1, -0.05) is 56.3 Å². The van der Waals surface area contributed by atoms with Crippen LogP contribution in [-0.2, 0) is 34.6 Å². The lowest BCUT2D eigenvalue weighted by Gasteiger charge is -2.39. The van der Waals surface area contributed by atoms with Crippen LogP contribution >= 0.6 is 0 Å². The van der Waals surface area contributed by atoms with Gasteiger partial charge in [0.1, 0.15) is 31.5 Å². The fourth-order valence-corrected chi connectivity index (χ4v) is 7.86.